The molecule has 0 bridgehead atoms. The van der Waals surface area contributed by atoms with E-state index in [2.05, 4.69) is 0 Å². The lowest BCUT2D eigenvalue weighted by Gasteiger charge is -2.33. The number of carbonyl (C=O) groups excluding carboxylic acids is 1. The summed E-state index contributed by atoms with van der Waals surface area (Å²) in [7, 11) is -2.79. The molecule has 0 aliphatic carbocycles. The lowest BCUT2D eigenvalue weighted by atomic mass is 10.2. The third-order valence-corrected chi connectivity index (χ3v) is 6.56. The van der Waals surface area contributed by atoms with Crippen LogP contribution in [0.3, 0.4) is 0 Å². The summed E-state index contributed by atoms with van der Waals surface area (Å²) in [4.78, 5) is 12.9. The molecular formula is C20H20F2N2O4S. The summed E-state index contributed by atoms with van der Waals surface area (Å²) in [5.74, 6) is -1.93. The molecule has 9 heteroatoms. The Bertz CT molecular complexity index is 1010. The summed E-state index contributed by atoms with van der Waals surface area (Å²) in [6, 6.07) is 10.1. The van der Waals surface area contributed by atoms with E-state index >= 15 is 0 Å². The predicted molar refractivity (Wildman–Crippen MR) is 104 cm³/mol. The molecule has 1 heterocycles. The van der Waals surface area contributed by atoms with Crippen LogP contribution in [0.2, 0.25) is 0 Å². The van der Waals surface area contributed by atoms with Gasteiger partial charge in [0.05, 0.1) is 7.11 Å². The molecule has 0 unspecified atom stereocenters. The second-order valence-corrected chi connectivity index (χ2v) is 8.23. The van der Waals surface area contributed by atoms with Gasteiger partial charge in [0.15, 0.2) is 4.90 Å². The number of sulfonamides is 1. The SMILES string of the molecule is COc1ccccc1/C=C/C(=O)N1CCN(S(=O)(=O)c2c(F)cccc2F)CC1. The van der Waals surface area contributed by atoms with Crippen LogP contribution in [-0.2, 0) is 14.8 Å². The molecule has 0 atom stereocenters. The maximum atomic E-state index is 13.9. The molecule has 0 saturated carbocycles. The molecular weight excluding hydrogens is 402 g/mol. The molecule has 0 N–H and O–H groups in total. The zero-order valence-electron chi connectivity index (χ0n) is 15.7. The number of methoxy groups -OCH3 is 1. The summed E-state index contributed by atoms with van der Waals surface area (Å²) < 4.78 is 59.2. The summed E-state index contributed by atoms with van der Waals surface area (Å²) in [5.41, 5.74) is 0.736. The predicted octanol–water partition coefficient (Wildman–Crippen LogP) is 2.52. The average molecular weight is 422 g/mol. The summed E-state index contributed by atoms with van der Waals surface area (Å²) >= 11 is 0. The van der Waals surface area contributed by atoms with Gasteiger partial charge in [-0.3, -0.25) is 4.79 Å². The monoisotopic (exact) mass is 422 g/mol. The van der Waals surface area contributed by atoms with Gasteiger partial charge in [0, 0.05) is 37.8 Å². The minimum atomic E-state index is -4.33. The van der Waals surface area contributed by atoms with Crippen LogP contribution in [0, 0.1) is 11.6 Å². The standard InChI is InChI=1S/C20H20F2N2O4S/c1-28-18-8-3-2-5-15(18)9-10-19(25)23-11-13-24(14-12-23)29(26,27)20-16(21)6-4-7-17(20)22/h2-10H,11-14H2,1H3/b10-9+. The van der Waals surface area contributed by atoms with Gasteiger partial charge in [0.2, 0.25) is 15.9 Å². The van der Waals surface area contributed by atoms with Gasteiger partial charge in [-0.1, -0.05) is 24.3 Å². The molecule has 1 fully saturated rings. The fourth-order valence-electron chi connectivity index (χ4n) is 3.08. The quantitative estimate of drug-likeness (QED) is 0.695. The smallest absolute Gasteiger partial charge is 0.249 e. The molecule has 6 nitrogen and oxygen atoms in total. The van der Waals surface area contributed by atoms with Crippen LogP contribution in [-0.4, -0.2) is 56.8 Å². The molecule has 3 rings (SSSR count). The summed E-state index contributed by atoms with van der Waals surface area (Å²) in [6.07, 6.45) is 3.01. The minimum absolute atomic E-state index is 0.0512. The Morgan fingerprint density at radius 1 is 1.00 bits per heavy atom. The zero-order chi connectivity index (χ0) is 21.0. The second kappa shape index (κ2) is 8.71. The fourth-order valence-corrected chi connectivity index (χ4v) is 4.61. The lowest BCUT2D eigenvalue weighted by molar-refractivity contribution is -0.127. The Hall–Kier alpha value is -2.78. The van der Waals surface area contributed by atoms with Crippen molar-refractivity contribution in [2.75, 3.05) is 33.3 Å². The third kappa shape index (κ3) is 4.46. The van der Waals surface area contributed by atoms with Crippen LogP contribution in [0.1, 0.15) is 5.56 Å². The van der Waals surface area contributed by atoms with Gasteiger partial charge in [-0.25, -0.2) is 17.2 Å². The van der Waals surface area contributed by atoms with Gasteiger partial charge in [-0.15, -0.1) is 0 Å². The van der Waals surface area contributed by atoms with Crippen LogP contribution >= 0.6 is 0 Å². The highest BCUT2D eigenvalue weighted by Crippen LogP contribution is 2.24. The number of benzene rings is 2. The lowest BCUT2D eigenvalue weighted by Crippen LogP contribution is -2.50. The Balaban J connectivity index is 1.67. The largest absolute Gasteiger partial charge is 0.496 e. The number of carbonyl (C=O) groups is 1. The maximum absolute atomic E-state index is 13.9. The molecule has 29 heavy (non-hydrogen) atoms. The van der Waals surface area contributed by atoms with Crippen molar-refractivity contribution in [2.45, 2.75) is 4.90 Å². The number of nitrogens with zero attached hydrogens (tertiary/aromatic N) is 2. The van der Waals surface area contributed by atoms with Gasteiger partial charge in [0.1, 0.15) is 17.4 Å². The Kier molecular flexibility index (Phi) is 6.29. The minimum Gasteiger partial charge on any atom is -0.496 e. The van der Waals surface area contributed by atoms with E-state index in [0.717, 1.165) is 28.1 Å². The van der Waals surface area contributed by atoms with Gasteiger partial charge < -0.3 is 9.64 Å². The Labute approximate surface area is 168 Å². The highest BCUT2D eigenvalue weighted by atomic mass is 32.2. The number of para-hydroxylation sites is 1. The van der Waals surface area contributed by atoms with Crippen LogP contribution in [0.25, 0.3) is 6.08 Å². The third-order valence-electron chi connectivity index (χ3n) is 4.61. The van der Waals surface area contributed by atoms with Crippen molar-refractivity contribution < 1.29 is 26.7 Å². The molecule has 154 valence electrons. The Morgan fingerprint density at radius 3 is 2.24 bits per heavy atom. The van der Waals surface area contributed by atoms with Crippen molar-refractivity contribution in [1.29, 1.82) is 0 Å². The van der Waals surface area contributed by atoms with E-state index in [9.17, 15) is 22.0 Å². The first-order chi connectivity index (χ1) is 13.8. The first-order valence-electron chi connectivity index (χ1n) is 8.89. The van der Waals surface area contributed by atoms with Crippen molar-refractivity contribution in [3.05, 3.63) is 65.7 Å². The van der Waals surface area contributed by atoms with E-state index in [1.165, 1.54) is 18.1 Å². The van der Waals surface area contributed by atoms with E-state index < -0.39 is 26.6 Å². The molecule has 0 aromatic heterocycles. The molecule has 2 aromatic carbocycles. The van der Waals surface area contributed by atoms with Gasteiger partial charge >= 0.3 is 0 Å². The average Bonchev–Trinajstić information content (AvgIpc) is 2.72. The van der Waals surface area contributed by atoms with E-state index in [1.807, 2.05) is 12.1 Å². The molecule has 0 spiro atoms. The molecule has 0 radical (unpaired) electrons. The number of rotatable bonds is 5. The molecule has 1 aliphatic heterocycles. The van der Waals surface area contributed by atoms with Crippen molar-refractivity contribution in [3.8, 4) is 5.75 Å². The van der Waals surface area contributed by atoms with E-state index in [0.29, 0.717) is 5.75 Å². The molecule has 1 amide bonds. The van der Waals surface area contributed by atoms with Gasteiger partial charge in [0.25, 0.3) is 0 Å². The fraction of sp³-hybridized carbons (Fsp3) is 0.250. The summed E-state index contributed by atoms with van der Waals surface area (Å²) in [6.45, 7) is 0.128. The highest BCUT2D eigenvalue weighted by Gasteiger charge is 2.33. The van der Waals surface area contributed by atoms with E-state index in [-0.39, 0.29) is 32.1 Å². The zero-order valence-corrected chi connectivity index (χ0v) is 16.5. The maximum Gasteiger partial charge on any atom is 0.249 e. The first kappa shape index (κ1) is 20.9. The second-order valence-electron chi connectivity index (χ2n) is 6.36. The van der Waals surface area contributed by atoms with Crippen LogP contribution in [0.4, 0.5) is 8.78 Å². The van der Waals surface area contributed by atoms with Gasteiger partial charge in [-0.05, 0) is 24.3 Å². The van der Waals surface area contributed by atoms with Crippen LogP contribution < -0.4 is 4.74 Å². The first-order valence-corrected chi connectivity index (χ1v) is 10.3. The van der Waals surface area contributed by atoms with Gasteiger partial charge in [-0.2, -0.15) is 4.31 Å². The van der Waals surface area contributed by atoms with Crippen molar-refractivity contribution >= 4 is 22.0 Å². The van der Waals surface area contributed by atoms with Crippen molar-refractivity contribution in [3.63, 3.8) is 0 Å². The molecule has 2 aromatic rings. The number of piperazine rings is 1. The molecule has 1 saturated heterocycles. The number of hydrogen-bond acceptors (Lipinski definition) is 4. The number of ether oxygens (including phenoxy) is 1. The molecule has 1 aliphatic rings. The number of halogens is 2. The van der Waals surface area contributed by atoms with Crippen LogP contribution in [0.5, 0.6) is 5.75 Å². The highest BCUT2D eigenvalue weighted by molar-refractivity contribution is 7.89. The Morgan fingerprint density at radius 2 is 1.62 bits per heavy atom. The van der Waals surface area contributed by atoms with E-state index in [1.54, 1.807) is 18.2 Å². The number of hydrogen-bond donors (Lipinski definition) is 0. The van der Waals surface area contributed by atoms with Crippen molar-refractivity contribution in [2.24, 2.45) is 0 Å². The summed E-state index contributed by atoms with van der Waals surface area (Å²) in [5, 5.41) is 0. The van der Waals surface area contributed by atoms with Crippen molar-refractivity contribution in [1.82, 2.24) is 9.21 Å². The number of amides is 1. The van der Waals surface area contributed by atoms with E-state index in [4.69, 9.17) is 4.74 Å². The normalized spacial score (nSPS) is 15.6. The van der Waals surface area contributed by atoms with Crippen LogP contribution in [0.15, 0.2) is 53.4 Å². The topological polar surface area (TPSA) is 66.9 Å².